The molecule has 1 atom stereocenters. The molecule has 0 aromatic heterocycles. The fourth-order valence-electron chi connectivity index (χ4n) is 2.23. The Balaban J connectivity index is 1.94. The minimum absolute atomic E-state index is 0.0256. The molecule has 1 aromatic carbocycles. The van der Waals surface area contributed by atoms with E-state index in [1.165, 1.54) is 0 Å². The first-order chi connectivity index (χ1) is 9.10. The minimum atomic E-state index is -0.914. The molecule has 104 valence electrons. The van der Waals surface area contributed by atoms with Crippen molar-refractivity contribution in [2.75, 3.05) is 6.61 Å². The molecule has 1 aliphatic rings. The lowest BCUT2D eigenvalue weighted by Crippen LogP contribution is -2.45. The van der Waals surface area contributed by atoms with Crippen molar-refractivity contribution in [2.45, 2.75) is 32.0 Å². The van der Waals surface area contributed by atoms with Crippen molar-refractivity contribution >= 4 is 21.9 Å². The molecule has 0 spiro atoms. The average molecular weight is 329 g/mol. The highest BCUT2D eigenvalue weighted by atomic mass is 79.9. The Bertz CT molecular complexity index is 426. The molecule has 0 radical (unpaired) electrons. The summed E-state index contributed by atoms with van der Waals surface area (Å²) in [5.41, 5.74) is 0. The highest BCUT2D eigenvalue weighted by Gasteiger charge is 2.40. The smallest absolute Gasteiger partial charge is 0.345 e. The number of rotatable bonds is 6. The standard InChI is InChI=1S/C14H17BrO4/c1-2-18-12-7-9(8-12)13(14(16)17)19-11-5-3-10(15)4-6-11/h3-6,9,12-13H,2,7-8H2,1H3,(H,16,17). The van der Waals surface area contributed by atoms with Crippen molar-refractivity contribution in [1.29, 1.82) is 0 Å². The van der Waals surface area contributed by atoms with E-state index in [2.05, 4.69) is 15.9 Å². The minimum Gasteiger partial charge on any atom is -0.478 e. The Morgan fingerprint density at radius 2 is 2.05 bits per heavy atom. The highest BCUT2D eigenvalue weighted by molar-refractivity contribution is 9.10. The van der Waals surface area contributed by atoms with Crippen LogP contribution in [-0.4, -0.2) is 29.9 Å². The lowest BCUT2D eigenvalue weighted by molar-refractivity contribution is -0.153. The molecule has 1 aliphatic carbocycles. The van der Waals surface area contributed by atoms with Gasteiger partial charge in [-0.05, 0) is 44.0 Å². The topological polar surface area (TPSA) is 55.8 Å². The molecular weight excluding hydrogens is 312 g/mol. The van der Waals surface area contributed by atoms with Gasteiger partial charge in [-0.15, -0.1) is 0 Å². The first kappa shape index (κ1) is 14.3. The molecule has 0 heterocycles. The zero-order valence-electron chi connectivity index (χ0n) is 10.7. The van der Waals surface area contributed by atoms with Gasteiger partial charge in [0.05, 0.1) is 6.10 Å². The third kappa shape index (κ3) is 3.70. The van der Waals surface area contributed by atoms with Crippen LogP contribution in [0.25, 0.3) is 0 Å². The van der Waals surface area contributed by atoms with Crippen molar-refractivity contribution in [1.82, 2.24) is 0 Å². The lowest BCUT2D eigenvalue weighted by Gasteiger charge is -2.38. The maximum Gasteiger partial charge on any atom is 0.345 e. The van der Waals surface area contributed by atoms with Gasteiger partial charge in [-0.1, -0.05) is 15.9 Å². The summed E-state index contributed by atoms with van der Waals surface area (Å²) in [6.07, 6.45) is 0.895. The van der Waals surface area contributed by atoms with Gasteiger partial charge in [0.25, 0.3) is 0 Å². The van der Waals surface area contributed by atoms with E-state index in [9.17, 15) is 9.90 Å². The van der Waals surface area contributed by atoms with Crippen LogP contribution in [0.2, 0.25) is 0 Å². The summed E-state index contributed by atoms with van der Waals surface area (Å²) in [5, 5.41) is 9.27. The second-order valence-electron chi connectivity index (χ2n) is 4.64. The number of halogens is 1. The van der Waals surface area contributed by atoms with Crippen LogP contribution in [0.15, 0.2) is 28.7 Å². The Labute approximate surface area is 120 Å². The van der Waals surface area contributed by atoms with Crippen LogP contribution in [-0.2, 0) is 9.53 Å². The van der Waals surface area contributed by atoms with Gasteiger partial charge in [0.15, 0.2) is 6.10 Å². The third-order valence-electron chi connectivity index (χ3n) is 3.28. The average Bonchev–Trinajstić information content (AvgIpc) is 2.33. The summed E-state index contributed by atoms with van der Waals surface area (Å²) in [6, 6.07) is 7.19. The van der Waals surface area contributed by atoms with E-state index >= 15 is 0 Å². The highest BCUT2D eigenvalue weighted by Crippen LogP contribution is 2.35. The van der Waals surface area contributed by atoms with Crippen LogP contribution in [0.1, 0.15) is 19.8 Å². The number of aliphatic carboxylic acids is 1. The van der Waals surface area contributed by atoms with E-state index in [1.807, 2.05) is 19.1 Å². The summed E-state index contributed by atoms with van der Waals surface area (Å²) in [4.78, 5) is 11.3. The van der Waals surface area contributed by atoms with Crippen molar-refractivity contribution in [3.63, 3.8) is 0 Å². The molecule has 1 N–H and O–H groups in total. The van der Waals surface area contributed by atoms with Crippen molar-refractivity contribution in [2.24, 2.45) is 5.92 Å². The predicted octanol–water partition coefficient (Wildman–Crippen LogP) is 3.10. The van der Waals surface area contributed by atoms with Gasteiger partial charge in [-0.2, -0.15) is 0 Å². The van der Waals surface area contributed by atoms with Crippen LogP contribution in [0.3, 0.4) is 0 Å². The fourth-order valence-corrected chi connectivity index (χ4v) is 2.50. The van der Waals surface area contributed by atoms with Gasteiger partial charge in [0.1, 0.15) is 5.75 Å². The normalized spacial score (nSPS) is 23.5. The molecule has 5 heteroatoms. The summed E-state index contributed by atoms with van der Waals surface area (Å²) < 4.78 is 12.0. The van der Waals surface area contributed by atoms with Crippen LogP contribution in [0.4, 0.5) is 0 Å². The fraction of sp³-hybridized carbons (Fsp3) is 0.500. The summed E-state index contributed by atoms with van der Waals surface area (Å²) in [7, 11) is 0. The maximum absolute atomic E-state index is 11.3. The summed E-state index contributed by atoms with van der Waals surface area (Å²) in [5.74, 6) is -0.309. The van der Waals surface area contributed by atoms with Gasteiger partial charge < -0.3 is 14.6 Å². The molecule has 19 heavy (non-hydrogen) atoms. The van der Waals surface area contributed by atoms with E-state index in [4.69, 9.17) is 9.47 Å². The summed E-state index contributed by atoms with van der Waals surface area (Å²) in [6.45, 7) is 2.61. The van der Waals surface area contributed by atoms with Gasteiger partial charge in [0, 0.05) is 17.0 Å². The number of carboxylic acids is 1. The molecule has 0 amide bonds. The Hall–Kier alpha value is -1.07. The van der Waals surface area contributed by atoms with Crippen LogP contribution < -0.4 is 4.74 Å². The molecular formula is C14H17BrO4. The van der Waals surface area contributed by atoms with Gasteiger partial charge >= 0.3 is 5.97 Å². The molecule has 0 aliphatic heterocycles. The van der Waals surface area contributed by atoms with Crippen LogP contribution >= 0.6 is 15.9 Å². The van der Waals surface area contributed by atoms with Crippen LogP contribution in [0, 0.1) is 5.92 Å². The Morgan fingerprint density at radius 1 is 1.42 bits per heavy atom. The molecule has 1 fully saturated rings. The Morgan fingerprint density at radius 3 is 2.58 bits per heavy atom. The second-order valence-corrected chi connectivity index (χ2v) is 5.56. The van der Waals surface area contributed by atoms with E-state index in [1.54, 1.807) is 12.1 Å². The monoisotopic (exact) mass is 328 g/mol. The molecule has 1 aromatic rings. The number of hydrogen-bond acceptors (Lipinski definition) is 3. The first-order valence-corrected chi connectivity index (χ1v) is 7.16. The number of benzene rings is 1. The van der Waals surface area contributed by atoms with E-state index in [0.717, 1.165) is 17.3 Å². The quantitative estimate of drug-likeness (QED) is 0.871. The molecule has 0 saturated heterocycles. The largest absolute Gasteiger partial charge is 0.478 e. The molecule has 0 bridgehead atoms. The zero-order valence-corrected chi connectivity index (χ0v) is 12.3. The van der Waals surface area contributed by atoms with E-state index < -0.39 is 12.1 Å². The lowest BCUT2D eigenvalue weighted by atomic mass is 9.78. The van der Waals surface area contributed by atoms with Crippen LogP contribution in [0.5, 0.6) is 5.75 Å². The summed E-state index contributed by atoms with van der Waals surface area (Å²) >= 11 is 3.33. The Kier molecular flexibility index (Phi) is 4.82. The third-order valence-corrected chi connectivity index (χ3v) is 3.81. The molecule has 1 unspecified atom stereocenters. The molecule has 2 rings (SSSR count). The van der Waals surface area contributed by atoms with Gasteiger partial charge in [-0.3, -0.25) is 0 Å². The zero-order chi connectivity index (χ0) is 13.8. The van der Waals surface area contributed by atoms with E-state index in [-0.39, 0.29) is 12.0 Å². The van der Waals surface area contributed by atoms with Gasteiger partial charge in [0.2, 0.25) is 0 Å². The van der Waals surface area contributed by atoms with Crippen molar-refractivity contribution in [3.05, 3.63) is 28.7 Å². The number of carboxylic acid groups (broad SMARTS) is 1. The van der Waals surface area contributed by atoms with Crippen molar-refractivity contribution < 1.29 is 19.4 Å². The maximum atomic E-state index is 11.3. The number of carbonyl (C=O) groups is 1. The predicted molar refractivity (Wildman–Crippen MR) is 74.3 cm³/mol. The van der Waals surface area contributed by atoms with Gasteiger partial charge in [-0.25, -0.2) is 4.79 Å². The SMILES string of the molecule is CCOC1CC(C(Oc2ccc(Br)cc2)C(=O)O)C1. The molecule has 4 nitrogen and oxygen atoms in total. The van der Waals surface area contributed by atoms with E-state index in [0.29, 0.717) is 12.4 Å². The number of ether oxygens (including phenoxy) is 2. The first-order valence-electron chi connectivity index (χ1n) is 6.36. The molecule has 1 saturated carbocycles. The second kappa shape index (κ2) is 6.39. The van der Waals surface area contributed by atoms with Crippen molar-refractivity contribution in [3.8, 4) is 5.75 Å². The number of hydrogen-bond donors (Lipinski definition) is 1.